The van der Waals surface area contributed by atoms with Crippen LogP contribution in [0.3, 0.4) is 0 Å². The van der Waals surface area contributed by atoms with Crippen molar-refractivity contribution >= 4 is 11.8 Å². The van der Waals surface area contributed by atoms with Crippen molar-refractivity contribution in [3.63, 3.8) is 0 Å². The predicted molar refractivity (Wildman–Crippen MR) is 93.1 cm³/mol. The van der Waals surface area contributed by atoms with Crippen LogP contribution >= 0.6 is 0 Å². The summed E-state index contributed by atoms with van der Waals surface area (Å²) in [5.41, 5.74) is 4.30. The lowest BCUT2D eigenvalue weighted by atomic mass is 10.00. The molecule has 124 valence electrons. The van der Waals surface area contributed by atoms with Gasteiger partial charge in [0, 0.05) is 22.9 Å². The van der Waals surface area contributed by atoms with Crippen LogP contribution in [0.2, 0.25) is 0 Å². The van der Waals surface area contributed by atoms with E-state index in [1.807, 2.05) is 51.1 Å². The average Bonchev–Trinajstić information content (AvgIpc) is 2.68. The first-order valence-corrected chi connectivity index (χ1v) is 8.04. The Morgan fingerprint density at radius 3 is 2.67 bits per heavy atom. The number of benzene rings is 1. The number of oxime groups is 1. The largest absolute Gasteiger partial charge is 0.433 e. The lowest BCUT2D eigenvalue weighted by molar-refractivity contribution is 0.142. The van der Waals surface area contributed by atoms with Crippen molar-refractivity contribution in [3.8, 4) is 0 Å². The van der Waals surface area contributed by atoms with Crippen LogP contribution in [0.5, 0.6) is 0 Å². The zero-order valence-corrected chi connectivity index (χ0v) is 14.2. The Balaban J connectivity index is 1.99. The molecule has 1 aliphatic carbocycles. The molecule has 5 heteroatoms. The molecule has 0 unspecified atom stereocenters. The summed E-state index contributed by atoms with van der Waals surface area (Å²) in [7, 11) is 0. The van der Waals surface area contributed by atoms with E-state index in [9.17, 15) is 4.79 Å². The molecule has 1 aromatic carbocycles. The lowest BCUT2D eigenvalue weighted by Gasteiger charge is -2.18. The van der Waals surface area contributed by atoms with Crippen LogP contribution in [0, 0.1) is 0 Å². The second-order valence-electron chi connectivity index (χ2n) is 6.85. The first-order chi connectivity index (χ1) is 11.4. The van der Waals surface area contributed by atoms with Crippen molar-refractivity contribution < 1.29 is 9.63 Å². The van der Waals surface area contributed by atoms with Gasteiger partial charge in [-0.15, -0.1) is 0 Å². The Morgan fingerprint density at radius 2 is 1.88 bits per heavy atom. The molecule has 0 saturated heterocycles. The number of hydrogen-bond acceptors (Lipinski definition) is 4. The number of carbonyl (C=O) groups is 1. The third kappa shape index (κ3) is 3.62. The van der Waals surface area contributed by atoms with E-state index >= 15 is 0 Å². The van der Waals surface area contributed by atoms with Gasteiger partial charge in [-0.3, -0.25) is 9.82 Å². The van der Waals surface area contributed by atoms with E-state index in [2.05, 4.69) is 21.5 Å². The fraction of sp³-hybridized carbons (Fsp3) is 0.316. The number of carbonyl (C=O) groups excluding carboxylic acids is 1. The monoisotopic (exact) mass is 323 g/mol. The second kappa shape index (κ2) is 6.43. The van der Waals surface area contributed by atoms with Crippen LogP contribution in [0.4, 0.5) is 4.79 Å². The molecule has 2 aromatic rings. The van der Waals surface area contributed by atoms with Crippen molar-refractivity contribution in [2.75, 3.05) is 0 Å². The molecular weight excluding hydrogens is 302 g/mol. The number of rotatable bonds is 1. The molecule has 1 N–H and O–H groups in total. The number of pyridine rings is 1. The van der Waals surface area contributed by atoms with Gasteiger partial charge in [-0.05, 0) is 51.3 Å². The van der Waals surface area contributed by atoms with Gasteiger partial charge in [0.05, 0.1) is 5.69 Å². The minimum absolute atomic E-state index is 0.377. The summed E-state index contributed by atoms with van der Waals surface area (Å²) in [5.74, 6) is 0. The van der Waals surface area contributed by atoms with Gasteiger partial charge in [-0.2, -0.15) is 0 Å². The van der Waals surface area contributed by atoms with Crippen molar-refractivity contribution in [1.29, 1.82) is 0 Å². The maximum absolute atomic E-state index is 12.0. The minimum Gasteiger partial charge on any atom is -0.315 e. The third-order valence-electron chi connectivity index (χ3n) is 3.75. The summed E-state index contributed by atoms with van der Waals surface area (Å²) >= 11 is 0. The van der Waals surface area contributed by atoms with Gasteiger partial charge in [0.2, 0.25) is 0 Å². The predicted octanol–water partition coefficient (Wildman–Crippen LogP) is 3.46. The van der Waals surface area contributed by atoms with Crippen molar-refractivity contribution in [2.24, 2.45) is 5.16 Å². The van der Waals surface area contributed by atoms with Gasteiger partial charge in [0.15, 0.2) is 0 Å². The maximum atomic E-state index is 12.0. The van der Waals surface area contributed by atoms with Crippen molar-refractivity contribution in [2.45, 2.75) is 39.2 Å². The standard InChI is InChI=1S/C19H21N3O2/c1-19(2,3)21-18(23)24-22-17-14-8-5-4-7-13(14)10-11-16-15(17)9-6-12-20-16/h4-9,12H,10-11H2,1-3H3,(H,21,23)/b22-17+. The zero-order chi connectivity index (χ0) is 17.2. The van der Waals surface area contributed by atoms with Gasteiger partial charge >= 0.3 is 6.09 Å². The normalized spacial score (nSPS) is 15.2. The first kappa shape index (κ1) is 16.2. The fourth-order valence-corrected chi connectivity index (χ4v) is 2.73. The summed E-state index contributed by atoms with van der Waals surface area (Å²) in [5, 5.41) is 6.91. The number of aromatic nitrogens is 1. The highest BCUT2D eigenvalue weighted by molar-refractivity contribution is 6.14. The maximum Gasteiger partial charge on any atom is 0.433 e. The molecule has 0 spiro atoms. The average molecular weight is 323 g/mol. The molecule has 3 rings (SSSR count). The Bertz CT molecular complexity index is 742. The molecule has 0 radical (unpaired) electrons. The molecule has 0 fully saturated rings. The van der Waals surface area contributed by atoms with Crippen LogP contribution in [0.25, 0.3) is 0 Å². The topological polar surface area (TPSA) is 63.6 Å². The highest BCUT2D eigenvalue weighted by Gasteiger charge is 2.21. The van der Waals surface area contributed by atoms with Gasteiger partial charge < -0.3 is 5.32 Å². The summed E-state index contributed by atoms with van der Waals surface area (Å²) in [6.45, 7) is 5.67. The van der Waals surface area contributed by atoms with E-state index in [1.54, 1.807) is 6.20 Å². The molecule has 0 saturated carbocycles. The first-order valence-electron chi connectivity index (χ1n) is 8.04. The number of fused-ring (bicyclic) bond motifs is 2. The fourth-order valence-electron chi connectivity index (χ4n) is 2.73. The highest BCUT2D eigenvalue weighted by atomic mass is 16.7. The van der Waals surface area contributed by atoms with Gasteiger partial charge in [0.25, 0.3) is 0 Å². The van der Waals surface area contributed by atoms with E-state index in [-0.39, 0.29) is 5.54 Å². The van der Waals surface area contributed by atoms with Crippen LogP contribution in [0.1, 0.15) is 43.2 Å². The van der Waals surface area contributed by atoms with E-state index in [0.29, 0.717) is 5.71 Å². The van der Waals surface area contributed by atoms with Crippen LogP contribution in [-0.2, 0) is 17.7 Å². The molecular formula is C19H21N3O2. The van der Waals surface area contributed by atoms with Crippen molar-refractivity contribution in [3.05, 3.63) is 65.0 Å². The highest BCUT2D eigenvalue weighted by Crippen LogP contribution is 2.24. The van der Waals surface area contributed by atoms with Crippen molar-refractivity contribution in [1.82, 2.24) is 10.3 Å². The summed E-state index contributed by atoms with van der Waals surface area (Å²) in [4.78, 5) is 21.6. The molecule has 0 aliphatic heterocycles. The van der Waals surface area contributed by atoms with Gasteiger partial charge in [-0.25, -0.2) is 4.79 Å². The second-order valence-corrected chi connectivity index (χ2v) is 6.85. The SMILES string of the molecule is CC(C)(C)NC(=O)O/N=C1\c2ccccc2CCc2ncccc21. The van der Waals surface area contributed by atoms with Crippen LogP contribution in [0.15, 0.2) is 47.8 Å². The van der Waals surface area contributed by atoms with Gasteiger partial charge in [0.1, 0.15) is 5.71 Å². The molecule has 5 nitrogen and oxygen atoms in total. The molecule has 24 heavy (non-hydrogen) atoms. The lowest BCUT2D eigenvalue weighted by Crippen LogP contribution is -2.40. The molecule has 1 amide bonds. The Hall–Kier alpha value is -2.69. The Morgan fingerprint density at radius 1 is 1.12 bits per heavy atom. The van der Waals surface area contributed by atoms with E-state index in [4.69, 9.17) is 4.84 Å². The molecule has 1 aliphatic rings. The molecule has 1 heterocycles. The quantitative estimate of drug-likeness (QED) is 0.646. The molecule has 0 atom stereocenters. The summed E-state index contributed by atoms with van der Waals surface area (Å²) in [6.07, 6.45) is 2.93. The molecule has 0 bridgehead atoms. The van der Waals surface area contributed by atoms with Crippen LogP contribution in [-0.4, -0.2) is 22.3 Å². The smallest absolute Gasteiger partial charge is 0.315 e. The third-order valence-corrected chi connectivity index (χ3v) is 3.75. The number of hydrogen-bond donors (Lipinski definition) is 1. The van der Waals surface area contributed by atoms with Crippen LogP contribution < -0.4 is 5.32 Å². The summed E-state index contributed by atoms with van der Waals surface area (Å²) < 4.78 is 0. The van der Waals surface area contributed by atoms with Gasteiger partial charge in [-0.1, -0.05) is 29.4 Å². The zero-order valence-electron chi connectivity index (χ0n) is 14.2. The number of nitrogens with one attached hydrogen (secondary N) is 1. The molecule has 1 aromatic heterocycles. The number of nitrogens with zero attached hydrogens (tertiary/aromatic N) is 2. The summed E-state index contributed by atoms with van der Waals surface area (Å²) in [6, 6.07) is 11.9. The Labute approximate surface area is 141 Å². The Kier molecular flexibility index (Phi) is 4.34. The van der Waals surface area contributed by atoms with E-state index in [0.717, 1.165) is 29.7 Å². The number of amides is 1. The van der Waals surface area contributed by atoms with E-state index < -0.39 is 6.09 Å². The van der Waals surface area contributed by atoms with E-state index in [1.165, 1.54) is 5.56 Å². The minimum atomic E-state index is -0.567. The number of aryl methyl sites for hydroxylation is 2.